The molecular weight excluding hydrogens is 294 g/mol. The number of aliphatic hydroxyl groups is 1. The van der Waals surface area contributed by atoms with Gasteiger partial charge in [-0.2, -0.15) is 0 Å². The minimum atomic E-state index is -0.0809. The molecule has 0 spiro atoms. The zero-order valence-corrected chi connectivity index (χ0v) is 12.3. The van der Waals surface area contributed by atoms with E-state index in [0.717, 1.165) is 22.2 Å². The number of imidazole rings is 2. The van der Waals surface area contributed by atoms with E-state index < -0.39 is 0 Å². The third-order valence-corrected chi connectivity index (χ3v) is 3.93. The van der Waals surface area contributed by atoms with Crippen molar-refractivity contribution in [2.45, 2.75) is 6.61 Å². The maximum absolute atomic E-state index is 11.3. The summed E-state index contributed by atoms with van der Waals surface area (Å²) in [6.45, 7) is -0.0809. The third kappa shape index (κ3) is 2.01. The van der Waals surface area contributed by atoms with Crippen molar-refractivity contribution in [2.24, 2.45) is 12.2 Å². The highest BCUT2D eigenvalue weighted by atomic mass is 16.3. The molecule has 0 aliphatic carbocycles. The number of benzene rings is 1. The van der Waals surface area contributed by atoms with Crippen molar-refractivity contribution in [1.29, 1.82) is 0 Å². The number of aryl methyl sites for hydroxylation is 1. The fraction of sp³-hybridized carbons (Fsp3) is 0.125. The van der Waals surface area contributed by atoms with E-state index in [2.05, 4.69) is 15.1 Å². The van der Waals surface area contributed by atoms with Gasteiger partial charge in [-0.05, 0) is 35.0 Å². The number of hydrogen-bond donors (Lipinski definition) is 1. The van der Waals surface area contributed by atoms with Crippen molar-refractivity contribution >= 4 is 22.5 Å². The Morgan fingerprint density at radius 2 is 2.13 bits per heavy atom. The van der Waals surface area contributed by atoms with Gasteiger partial charge in [0.1, 0.15) is 11.3 Å². The van der Waals surface area contributed by atoms with Gasteiger partial charge < -0.3 is 9.67 Å². The summed E-state index contributed by atoms with van der Waals surface area (Å²) >= 11 is 0. The molecule has 4 rings (SSSR count). The lowest BCUT2D eigenvalue weighted by Gasteiger charge is -1.99. The molecule has 23 heavy (non-hydrogen) atoms. The van der Waals surface area contributed by atoms with Gasteiger partial charge in [-0.25, -0.2) is 9.97 Å². The standard InChI is InChI=1S/C16H13N5O2/c1-20-9-17-12-7-11(2-3-13(12)20)15-16(19-23)21-5-4-10(8-22)6-14(21)18-15/h2-7,9,22H,8H2,1H3. The molecule has 0 amide bonds. The van der Waals surface area contributed by atoms with Crippen molar-refractivity contribution in [1.82, 2.24) is 18.9 Å². The maximum Gasteiger partial charge on any atom is 0.209 e. The number of aromatic nitrogens is 4. The van der Waals surface area contributed by atoms with Crippen LogP contribution in [0, 0.1) is 4.91 Å². The lowest BCUT2D eigenvalue weighted by atomic mass is 10.1. The van der Waals surface area contributed by atoms with Gasteiger partial charge in [0.05, 0.1) is 24.0 Å². The Hall–Kier alpha value is -3.06. The first kappa shape index (κ1) is 13.6. The predicted molar refractivity (Wildman–Crippen MR) is 86.3 cm³/mol. The number of aliphatic hydroxyl groups excluding tert-OH is 1. The first-order valence-electron chi connectivity index (χ1n) is 7.08. The second-order valence-corrected chi connectivity index (χ2v) is 5.36. The molecule has 114 valence electrons. The van der Waals surface area contributed by atoms with Gasteiger partial charge in [0.15, 0.2) is 0 Å². The number of rotatable bonds is 3. The van der Waals surface area contributed by atoms with Gasteiger partial charge in [-0.15, -0.1) is 4.91 Å². The van der Waals surface area contributed by atoms with Crippen molar-refractivity contribution < 1.29 is 5.11 Å². The number of pyridine rings is 1. The molecule has 7 heteroatoms. The van der Waals surface area contributed by atoms with Crippen LogP contribution in [0.25, 0.3) is 27.9 Å². The van der Waals surface area contributed by atoms with Crippen molar-refractivity contribution in [2.75, 3.05) is 0 Å². The molecule has 3 aromatic heterocycles. The molecule has 1 aromatic carbocycles. The van der Waals surface area contributed by atoms with Crippen LogP contribution in [0.1, 0.15) is 5.56 Å². The molecule has 0 fully saturated rings. The molecule has 0 unspecified atom stereocenters. The average Bonchev–Trinajstić information content (AvgIpc) is 3.14. The summed E-state index contributed by atoms with van der Waals surface area (Å²) in [5.41, 5.74) is 4.41. The molecule has 7 nitrogen and oxygen atoms in total. The predicted octanol–water partition coefficient (Wildman–Crippen LogP) is 2.78. The van der Waals surface area contributed by atoms with E-state index in [1.165, 1.54) is 0 Å². The molecule has 1 N–H and O–H groups in total. The van der Waals surface area contributed by atoms with Crippen LogP contribution in [-0.4, -0.2) is 24.0 Å². The van der Waals surface area contributed by atoms with Gasteiger partial charge in [0.2, 0.25) is 5.82 Å². The fourth-order valence-corrected chi connectivity index (χ4v) is 2.74. The SMILES string of the molecule is Cn1cnc2cc(-c3nc4cc(CO)ccn4c3N=O)ccc21. The van der Waals surface area contributed by atoms with Gasteiger partial charge >= 0.3 is 0 Å². The molecule has 0 saturated heterocycles. The zero-order chi connectivity index (χ0) is 16.0. The van der Waals surface area contributed by atoms with E-state index in [4.69, 9.17) is 0 Å². The fourth-order valence-electron chi connectivity index (χ4n) is 2.74. The molecule has 0 radical (unpaired) electrons. The normalized spacial score (nSPS) is 11.4. The summed E-state index contributed by atoms with van der Waals surface area (Å²) in [5.74, 6) is 0.236. The lowest BCUT2D eigenvalue weighted by molar-refractivity contribution is 0.282. The van der Waals surface area contributed by atoms with Gasteiger partial charge in [-0.3, -0.25) is 4.40 Å². The summed E-state index contributed by atoms with van der Waals surface area (Å²) in [7, 11) is 1.93. The molecule has 0 aliphatic heterocycles. The van der Waals surface area contributed by atoms with E-state index in [-0.39, 0.29) is 12.4 Å². The van der Waals surface area contributed by atoms with Crippen LogP contribution in [0.3, 0.4) is 0 Å². The van der Waals surface area contributed by atoms with Crippen molar-refractivity contribution in [3.8, 4) is 11.3 Å². The average molecular weight is 307 g/mol. The molecule has 0 atom stereocenters. The van der Waals surface area contributed by atoms with Crippen LogP contribution >= 0.6 is 0 Å². The molecular formula is C16H13N5O2. The summed E-state index contributed by atoms with van der Waals surface area (Å²) in [6.07, 6.45) is 3.43. The second-order valence-electron chi connectivity index (χ2n) is 5.36. The number of hydrogen-bond acceptors (Lipinski definition) is 5. The van der Waals surface area contributed by atoms with Crippen LogP contribution < -0.4 is 0 Å². The minimum Gasteiger partial charge on any atom is -0.392 e. The van der Waals surface area contributed by atoms with E-state index in [1.54, 1.807) is 29.1 Å². The molecule has 4 aromatic rings. The van der Waals surface area contributed by atoms with E-state index >= 15 is 0 Å². The smallest absolute Gasteiger partial charge is 0.209 e. The first-order valence-corrected chi connectivity index (χ1v) is 7.08. The Morgan fingerprint density at radius 3 is 2.91 bits per heavy atom. The summed E-state index contributed by atoms with van der Waals surface area (Å²) in [5, 5.41) is 12.4. The Balaban J connectivity index is 1.96. The molecule has 0 saturated carbocycles. The van der Waals surface area contributed by atoms with E-state index in [0.29, 0.717) is 11.3 Å². The van der Waals surface area contributed by atoms with Crippen LogP contribution in [0.2, 0.25) is 0 Å². The highest BCUT2D eigenvalue weighted by Crippen LogP contribution is 2.32. The van der Waals surface area contributed by atoms with Crippen LogP contribution in [0.15, 0.2) is 48.0 Å². The molecule has 0 bridgehead atoms. The van der Waals surface area contributed by atoms with E-state index in [9.17, 15) is 10.0 Å². The van der Waals surface area contributed by atoms with E-state index in [1.807, 2.05) is 29.8 Å². The Kier molecular flexibility index (Phi) is 2.95. The quantitative estimate of drug-likeness (QED) is 0.590. The number of fused-ring (bicyclic) bond motifs is 2. The van der Waals surface area contributed by atoms with Crippen molar-refractivity contribution in [3.63, 3.8) is 0 Å². The zero-order valence-electron chi connectivity index (χ0n) is 12.3. The number of nitroso groups, excluding NO2 is 1. The lowest BCUT2D eigenvalue weighted by Crippen LogP contribution is -1.88. The third-order valence-electron chi connectivity index (χ3n) is 3.93. The van der Waals surface area contributed by atoms with Crippen LogP contribution in [-0.2, 0) is 13.7 Å². The van der Waals surface area contributed by atoms with Crippen molar-refractivity contribution in [3.05, 3.63) is 53.3 Å². The number of nitrogens with zero attached hydrogens (tertiary/aromatic N) is 5. The first-order chi connectivity index (χ1) is 11.2. The molecule has 3 heterocycles. The topological polar surface area (TPSA) is 84.8 Å². The van der Waals surface area contributed by atoms with Gasteiger partial charge in [-0.1, -0.05) is 6.07 Å². The molecule has 0 aliphatic rings. The maximum atomic E-state index is 11.3. The monoisotopic (exact) mass is 307 g/mol. The summed E-state index contributed by atoms with van der Waals surface area (Å²) in [4.78, 5) is 20.1. The Bertz CT molecular complexity index is 1050. The Morgan fingerprint density at radius 1 is 1.26 bits per heavy atom. The summed E-state index contributed by atoms with van der Waals surface area (Å²) in [6, 6.07) is 9.19. The minimum absolute atomic E-state index is 0.0809. The van der Waals surface area contributed by atoms with Gasteiger partial charge in [0, 0.05) is 18.8 Å². The van der Waals surface area contributed by atoms with Crippen LogP contribution in [0.4, 0.5) is 5.82 Å². The largest absolute Gasteiger partial charge is 0.392 e. The highest BCUT2D eigenvalue weighted by Gasteiger charge is 2.16. The highest BCUT2D eigenvalue weighted by molar-refractivity contribution is 5.84. The Labute approximate surface area is 130 Å². The van der Waals surface area contributed by atoms with Gasteiger partial charge in [0.25, 0.3) is 0 Å². The summed E-state index contributed by atoms with van der Waals surface area (Å²) < 4.78 is 3.54. The van der Waals surface area contributed by atoms with Crippen LogP contribution in [0.5, 0.6) is 0 Å². The second kappa shape index (κ2) is 4.99.